The molecule has 1 aliphatic rings. The van der Waals surface area contributed by atoms with Gasteiger partial charge >= 0.3 is 0 Å². The first kappa shape index (κ1) is 14.3. The van der Waals surface area contributed by atoms with E-state index in [2.05, 4.69) is 26.8 Å². The van der Waals surface area contributed by atoms with E-state index in [-0.39, 0.29) is 5.92 Å². The second-order valence-corrected chi connectivity index (χ2v) is 5.57. The van der Waals surface area contributed by atoms with E-state index in [1.54, 1.807) is 0 Å². The van der Waals surface area contributed by atoms with E-state index in [0.29, 0.717) is 11.8 Å². The standard InChI is InChI=1S/C15H26O2/c1-10(2)15(12(4)17)14(9-16)13-8-6-5-7-11(13)3/h7,9-10,12-13,15-17H,5-6,8H2,1-4H3/b14-9+/t12?,13-,15?/m0/s1. The lowest BCUT2D eigenvalue weighted by Crippen LogP contribution is -2.29. The Morgan fingerprint density at radius 1 is 1.41 bits per heavy atom. The zero-order valence-electron chi connectivity index (χ0n) is 11.5. The summed E-state index contributed by atoms with van der Waals surface area (Å²) in [5, 5.41) is 19.5. The van der Waals surface area contributed by atoms with Crippen molar-refractivity contribution in [3.63, 3.8) is 0 Å². The molecule has 2 unspecified atom stereocenters. The number of hydrogen-bond donors (Lipinski definition) is 2. The molecule has 98 valence electrons. The van der Waals surface area contributed by atoms with Crippen LogP contribution in [0.4, 0.5) is 0 Å². The van der Waals surface area contributed by atoms with Crippen LogP contribution in [0.3, 0.4) is 0 Å². The number of allylic oxidation sites excluding steroid dienone is 2. The minimum absolute atomic E-state index is 0.0476. The highest BCUT2D eigenvalue weighted by Crippen LogP contribution is 2.38. The van der Waals surface area contributed by atoms with Crippen molar-refractivity contribution in [2.75, 3.05) is 0 Å². The lowest BCUT2D eigenvalue weighted by atomic mass is 9.73. The van der Waals surface area contributed by atoms with Crippen LogP contribution < -0.4 is 0 Å². The van der Waals surface area contributed by atoms with Crippen LogP contribution in [0.15, 0.2) is 23.5 Å². The third kappa shape index (κ3) is 3.35. The molecule has 2 nitrogen and oxygen atoms in total. The summed E-state index contributed by atoms with van der Waals surface area (Å²) in [6.07, 6.45) is 6.49. The second kappa shape index (κ2) is 6.25. The highest BCUT2D eigenvalue weighted by atomic mass is 16.3. The summed E-state index contributed by atoms with van der Waals surface area (Å²) >= 11 is 0. The van der Waals surface area contributed by atoms with Gasteiger partial charge in [-0.15, -0.1) is 0 Å². The second-order valence-electron chi connectivity index (χ2n) is 5.57. The molecule has 2 heteroatoms. The van der Waals surface area contributed by atoms with Gasteiger partial charge in [0.2, 0.25) is 0 Å². The molecule has 0 heterocycles. The zero-order chi connectivity index (χ0) is 13.0. The summed E-state index contributed by atoms with van der Waals surface area (Å²) in [5.41, 5.74) is 2.34. The van der Waals surface area contributed by atoms with Crippen LogP contribution in [0.2, 0.25) is 0 Å². The molecule has 0 radical (unpaired) electrons. The molecule has 1 rings (SSSR count). The van der Waals surface area contributed by atoms with E-state index < -0.39 is 6.10 Å². The molecule has 0 aliphatic heterocycles. The maximum absolute atomic E-state index is 9.93. The summed E-state index contributed by atoms with van der Waals surface area (Å²) in [6, 6.07) is 0. The first-order valence-electron chi connectivity index (χ1n) is 6.67. The topological polar surface area (TPSA) is 40.5 Å². The Hall–Kier alpha value is -0.760. The fourth-order valence-electron chi connectivity index (χ4n) is 3.08. The van der Waals surface area contributed by atoms with Crippen molar-refractivity contribution in [2.45, 2.75) is 53.1 Å². The quantitative estimate of drug-likeness (QED) is 0.577. The van der Waals surface area contributed by atoms with Crippen LogP contribution in [0.25, 0.3) is 0 Å². The monoisotopic (exact) mass is 238 g/mol. The average molecular weight is 238 g/mol. The van der Waals surface area contributed by atoms with Gasteiger partial charge in [-0.25, -0.2) is 0 Å². The Morgan fingerprint density at radius 3 is 2.47 bits per heavy atom. The molecule has 0 spiro atoms. The van der Waals surface area contributed by atoms with E-state index in [4.69, 9.17) is 0 Å². The molecule has 2 N–H and O–H groups in total. The molecule has 0 saturated carbocycles. The largest absolute Gasteiger partial charge is 0.516 e. The van der Waals surface area contributed by atoms with Crippen LogP contribution in [0, 0.1) is 17.8 Å². The molecule has 0 saturated heterocycles. The van der Waals surface area contributed by atoms with Crippen molar-refractivity contribution in [3.8, 4) is 0 Å². The first-order valence-corrected chi connectivity index (χ1v) is 6.67. The fraction of sp³-hybridized carbons (Fsp3) is 0.733. The lowest BCUT2D eigenvalue weighted by Gasteiger charge is -2.33. The van der Waals surface area contributed by atoms with Crippen molar-refractivity contribution in [1.82, 2.24) is 0 Å². The molecule has 0 amide bonds. The minimum Gasteiger partial charge on any atom is -0.516 e. The van der Waals surface area contributed by atoms with E-state index >= 15 is 0 Å². The van der Waals surface area contributed by atoms with Gasteiger partial charge < -0.3 is 10.2 Å². The molecule has 3 atom stereocenters. The number of rotatable bonds is 4. The lowest BCUT2D eigenvalue weighted by molar-refractivity contribution is 0.110. The van der Waals surface area contributed by atoms with Gasteiger partial charge in [-0.1, -0.05) is 25.5 Å². The number of aliphatic hydroxyl groups excluding tert-OH is 2. The maximum Gasteiger partial charge on any atom is 0.0793 e. The molecular formula is C15H26O2. The molecule has 1 aliphatic carbocycles. The Morgan fingerprint density at radius 2 is 2.06 bits per heavy atom. The van der Waals surface area contributed by atoms with Gasteiger partial charge in [-0.05, 0) is 44.6 Å². The van der Waals surface area contributed by atoms with Gasteiger partial charge in [0.15, 0.2) is 0 Å². The van der Waals surface area contributed by atoms with E-state index in [0.717, 1.165) is 18.4 Å². The summed E-state index contributed by atoms with van der Waals surface area (Å²) in [6.45, 7) is 8.15. The van der Waals surface area contributed by atoms with E-state index in [1.807, 2.05) is 6.92 Å². The van der Waals surface area contributed by atoms with E-state index in [1.165, 1.54) is 18.3 Å². The average Bonchev–Trinajstić information content (AvgIpc) is 2.25. The zero-order valence-corrected chi connectivity index (χ0v) is 11.5. The molecule has 0 aromatic heterocycles. The van der Waals surface area contributed by atoms with Gasteiger partial charge in [-0.3, -0.25) is 0 Å². The third-order valence-corrected chi connectivity index (χ3v) is 3.89. The minimum atomic E-state index is -0.414. The van der Waals surface area contributed by atoms with Crippen molar-refractivity contribution in [2.24, 2.45) is 17.8 Å². The predicted molar refractivity (Wildman–Crippen MR) is 71.8 cm³/mol. The van der Waals surface area contributed by atoms with Gasteiger partial charge in [-0.2, -0.15) is 0 Å². The van der Waals surface area contributed by atoms with Crippen LogP contribution in [-0.4, -0.2) is 16.3 Å². The Labute approximate surface area is 105 Å². The van der Waals surface area contributed by atoms with Crippen molar-refractivity contribution >= 4 is 0 Å². The smallest absolute Gasteiger partial charge is 0.0793 e. The van der Waals surface area contributed by atoms with Gasteiger partial charge in [0.05, 0.1) is 12.4 Å². The van der Waals surface area contributed by atoms with Crippen LogP contribution >= 0.6 is 0 Å². The Bertz CT molecular complexity index is 292. The fourth-order valence-corrected chi connectivity index (χ4v) is 3.08. The van der Waals surface area contributed by atoms with Crippen LogP contribution in [0.1, 0.15) is 47.0 Å². The van der Waals surface area contributed by atoms with E-state index in [9.17, 15) is 10.2 Å². The molecule has 0 aromatic rings. The molecule has 0 bridgehead atoms. The van der Waals surface area contributed by atoms with Crippen LogP contribution in [0.5, 0.6) is 0 Å². The summed E-state index contributed by atoms with van der Waals surface area (Å²) < 4.78 is 0. The summed E-state index contributed by atoms with van der Waals surface area (Å²) in [7, 11) is 0. The summed E-state index contributed by atoms with van der Waals surface area (Å²) in [5.74, 6) is 0.699. The van der Waals surface area contributed by atoms with Gasteiger partial charge in [0.25, 0.3) is 0 Å². The number of hydrogen-bond acceptors (Lipinski definition) is 2. The maximum atomic E-state index is 9.93. The Balaban J connectivity index is 2.97. The van der Waals surface area contributed by atoms with Gasteiger partial charge in [0, 0.05) is 11.8 Å². The number of aliphatic hydroxyl groups is 2. The normalized spacial score (nSPS) is 25.6. The highest BCUT2D eigenvalue weighted by Gasteiger charge is 2.30. The first-order chi connectivity index (χ1) is 7.99. The summed E-state index contributed by atoms with van der Waals surface area (Å²) in [4.78, 5) is 0. The SMILES string of the molecule is CC1=CCCC[C@@H]1/C(=C\O)C(C(C)C)C(C)O. The van der Waals surface area contributed by atoms with Crippen LogP contribution in [-0.2, 0) is 0 Å². The molecule has 17 heavy (non-hydrogen) atoms. The van der Waals surface area contributed by atoms with Crippen molar-refractivity contribution in [1.29, 1.82) is 0 Å². The predicted octanol–water partition coefficient (Wildman–Crippen LogP) is 3.83. The van der Waals surface area contributed by atoms with Crippen molar-refractivity contribution in [3.05, 3.63) is 23.5 Å². The Kier molecular flexibility index (Phi) is 5.26. The molecule has 0 fully saturated rings. The van der Waals surface area contributed by atoms with Gasteiger partial charge in [0.1, 0.15) is 0 Å². The third-order valence-electron chi connectivity index (χ3n) is 3.89. The highest BCUT2D eigenvalue weighted by molar-refractivity contribution is 5.23. The van der Waals surface area contributed by atoms with Crippen molar-refractivity contribution < 1.29 is 10.2 Å². The molecular weight excluding hydrogens is 212 g/mol. The molecule has 0 aromatic carbocycles.